The van der Waals surface area contributed by atoms with Crippen molar-refractivity contribution in [2.24, 2.45) is 5.73 Å². The molecule has 0 aromatic rings. The zero-order chi connectivity index (χ0) is 11.0. The summed E-state index contributed by atoms with van der Waals surface area (Å²) in [6.45, 7) is 0.520. The van der Waals surface area contributed by atoms with E-state index in [2.05, 4.69) is 4.74 Å². The predicted octanol–water partition coefficient (Wildman–Crippen LogP) is -0.718. The maximum Gasteiger partial charge on any atom is 0.330 e. The number of rotatable bonds is 5. The van der Waals surface area contributed by atoms with Gasteiger partial charge in [0.2, 0.25) is 0 Å². The Morgan fingerprint density at radius 1 is 1.50 bits per heavy atom. The van der Waals surface area contributed by atoms with E-state index in [0.29, 0.717) is 18.0 Å². The summed E-state index contributed by atoms with van der Waals surface area (Å²) in [5.41, 5.74) is 5.18. The van der Waals surface area contributed by atoms with Crippen LogP contribution in [0.1, 0.15) is 6.42 Å². The van der Waals surface area contributed by atoms with Crippen molar-refractivity contribution in [3.8, 4) is 0 Å². The van der Waals surface area contributed by atoms with Crippen LogP contribution in [-0.4, -0.2) is 42.3 Å². The number of nitrogens with two attached hydrogens (primary N) is 1. The highest BCUT2D eigenvalue weighted by atomic mass is 16.5. The van der Waals surface area contributed by atoms with Gasteiger partial charge >= 0.3 is 5.97 Å². The van der Waals surface area contributed by atoms with Crippen molar-refractivity contribution in [1.29, 1.82) is 0 Å². The molecule has 3 N–H and O–H groups in total. The first-order valence-corrected chi connectivity index (χ1v) is 4.08. The van der Waals surface area contributed by atoms with Gasteiger partial charge in [0.05, 0.1) is 7.11 Å². The molecule has 0 radical (unpaired) electrons. The molecule has 0 unspecified atom stereocenters. The Balaban J connectivity index is 3.94. The summed E-state index contributed by atoms with van der Waals surface area (Å²) in [7, 11) is 1.20. The number of amides is 1. The van der Waals surface area contributed by atoms with Gasteiger partial charge in [-0.2, -0.15) is 0 Å². The van der Waals surface area contributed by atoms with Gasteiger partial charge in [-0.05, 0) is 13.0 Å². The van der Waals surface area contributed by atoms with E-state index in [1.165, 1.54) is 7.11 Å². The van der Waals surface area contributed by atoms with Crippen LogP contribution in [0, 0.1) is 0 Å². The third-order valence-corrected chi connectivity index (χ3v) is 1.39. The van der Waals surface area contributed by atoms with Gasteiger partial charge in [0.25, 0.3) is 5.91 Å². The molecule has 0 heterocycles. The van der Waals surface area contributed by atoms with E-state index in [0.717, 1.165) is 12.2 Å². The molecule has 0 bridgehead atoms. The summed E-state index contributed by atoms with van der Waals surface area (Å²) < 4.78 is 4.26. The van der Waals surface area contributed by atoms with Crippen LogP contribution in [0.15, 0.2) is 12.2 Å². The van der Waals surface area contributed by atoms with Crippen LogP contribution in [-0.2, 0) is 14.3 Å². The molecule has 0 aliphatic heterocycles. The summed E-state index contributed by atoms with van der Waals surface area (Å²) in [6.07, 6.45) is 2.37. The van der Waals surface area contributed by atoms with E-state index in [1.807, 2.05) is 0 Å². The van der Waals surface area contributed by atoms with Crippen LogP contribution in [0.25, 0.3) is 0 Å². The van der Waals surface area contributed by atoms with E-state index in [1.54, 1.807) is 0 Å². The zero-order valence-corrected chi connectivity index (χ0v) is 7.97. The molecule has 1 amide bonds. The van der Waals surface area contributed by atoms with Crippen molar-refractivity contribution < 1.29 is 19.5 Å². The monoisotopic (exact) mass is 202 g/mol. The van der Waals surface area contributed by atoms with Crippen molar-refractivity contribution in [3.63, 3.8) is 0 Å². The molecule has 0 saturated carbocycles. The first-order chi connectivity index (χ1) is 6.61. The fraction of sp³-hybridized carbons (Fsp3) is 0.500. The average molecular weight is 202 g/mol. The quantitative estimate of drug-likeness (QED) is 0.266. The minimum absolute atomic E-state index is 0.140. The lowest BCUT2D eigenvalue weighted by Gasteiger charge is -2.11. The van der Waals surface area contributed by atoms with Crippen molar-refractivity contribution >= 4 is 11.9 Å². The van der Waals surface area contributed by atoms with Crippen molar-refractivity contribution in [1.82, 2.24) is 5.06 Å². The maximum atomic E-state index is 11.0. The van der Waals surface area contributed by atoms with Gasteiger partial charge in [0, 0.05) is 18.7 Å². The second-order valence-corrected chi connectivity index (χ2v) is 2.46. The van der Waals surface area contributed by atoms with E-state index >= 15 is 0 Å². The number of methoxy groups -OCH3 is 1. The molecule has 0 rings (SSSR count). The van der Waals surface area contributed by atoms with Gasteiger partial charge in [0.1, 0.15) is 0 Å². The number of nitrogens with zero attached hydrogens (tertiary/aromatic N) is 1. The predicted molar refractivity (Wildman–Crippen MR) is 48.3 cm³/mol. The third kappa shape index (κ3) is 5.28. The van der Waals surface area contributed by atoms with Crippen LogP contribution in [0.5, 0.6) is 0 Å². The standard InChI is InChI=1S/C8H14N2O4/c1-14-8(12)4-3-7(11)10(13)6-2-5-9/h3-4,13H,2,5-6,9H2,1H3. The molecule has 14 heavy (non-hydrogen) atoms. The van der Waals surface area contributed by atoms with E-state index in [-0.39, 0.29) is 6.54 Å². The summed E-state index contributed by atoms with van der Waals surface area (Å²) in [5.74, 6) is -1.32. The van der Waals surface area contributed by atoms with Gasteiger partial charge in [-0.25, -0.2) is 9.86 Å². The SMILES string of the molecule is COC(=O)C=CC(=O)N(O)CCCN. The second kappa shape index (κ2) is 7.05. The fourth-order valence-electron chi connectivity index (χ4n) is 0.645. The lowest BCUT2D eigenvalue weighted by Crippen LogP contribution is -2.28. The lowest BCUT2D eigenvalue weighted by molar-refractivity contribution is -0.159. The Labute approximate surface area is 81.9 Å². The molecular weight excluding hydrogens is 188 g/mol. The summed E-state index contributed by atoms with van der Waals surface area (Å²) in [6, 6.07) is 0. The topological polar surface area (TPSA) is 92.9 Å². The molecule has 0 aliphatic carbocycles. The second-order valence-electron chi connectivity index (χ2n) is 2.46. The van der Waals surface area contributed by atoms with Crippen molar-refractivity contribution in [2.75, 3.05) is 20.2 Å². The molecule has 6 heteroatoms. The Morgan fingerprint density at radius 2 is 2.14 bits per heavy atom. The van der Waals surface area contributed by atoms with Crippen LogP contribution >= 0.6 is 0 Å². The summed E-state index contributed by atoms with van der Waals surface area (Å²) in [4.78, 5) is 21.6. The maximum absolute atomic E-state index is 11.0. The van der Waals surface area contributed by atoms with Crippen molar-refractivity contribution in [3.05, 3.63) is 12.2 Å². The first kappa shape index (κ1) is 12.6. The zero-order valence-electron chi connectivity index (χ0n) is 7.97. The number of hydrogen-bond acceptors (Lipinski definition) is 5. The Hall–Kier alpha value is -1.40. The lowest BCUT2D eigenvalue weighted by atomic mass is 10.4. The largest absolute Gasteiger partial charge is 0.466 e. The molecule has 0 saturated heterocycles. The van der Waals surface area contributed by atoms with Gasteiger partial charge < -0.3 is 10.5 Å². The number of carbonyl (C=O) groups is 2. The first-order valence-electron chi connectivity index (χ1n) is 4.08. The number of ether oxygens (including phenoxy) is 1. The Morgan fingerprint density at radius 3 is 2.64 bits per heavy atom. The minimum atomic E-state index is -0.677. The number of hydrogen-bond donors (Lipinski definition) is 2. The molecule has 0 fully saturated rings. The molecule has 0 atom stereocenters. The molecule has 6 nitrogen and oxygen atoms in total. The van der Waals surface area contributed by atoms with Gasteiger partial charge in [-0.15, -0.1) is 0 Å². The smallest absolute Gasteiger partial charge is 0.330 e. The number of carbonyl (C=O) groups excluding carboxylic acids is 2. The Bertz CT molecular complexity index is 227. The normalized spacial score (nSPS) is 10.2. The minimum Gasteiger partial charge on any atom is -0.466 e. The highest BCUT2D eigenvalue weighted by Gasteiger charge is 2.06. The summed E-state index contributed by atoms with van der Waals surface area (Å²) in [5, 5.41) is 9.55. The molecule has 0 aromatic carbocycles. The van der Waals surface area contributed by atoms with Gasteiger partial charge in [-0.1, -0.05) is 0 Å². The van der Waals surface area contributed by atoms with E-state index < -0.39 is 11.9 Å². The molecule has 80 valence electrons. The number of hydroxylamine groups is 2. The third-order valence-electron chi connectivity index (χ3n) is 1.39. The molecule has 0 aromatic heterocycles. The molecule has 0 spiro atoms. The van der Waals surface area contributed by atoms with Gasteiger partial charge in [0.15, 0.2) is 0 Å². The number of esters is 1. The van der Waals surface area contributed by atoms with Crippen molar-refractivity contribution in [2.45, 2.75) is 6.42 Å². The average Bonchev–Trinajstić information content (AvgIpc) is 2.21. The van der Waals surface area contributed by atoms with E-state index in [9.17, 15) is 9.59 Å². The molecular formula is C8H14N2O4. The Kier molecular flexibility index (Phi) is 6.34. The highest BCUT2D eigenvalue weighted by Crippen LogP contribution is 1.89. The molecule has 0 aliphatic rings. The summed E-state index contributed by atoms with van der Waals surface area (Å²) >= 11 is 0. The van der Waals surface area contributed by atoms with Crippen LogP contribution < -0.4 is 5.73 Å². The van der Waals surface area contributed by atoms with E-state index in [4.69, 9.17) is 10.9 Å². The van der Waals surface area contributed by atoms with Crippen LogP contribution in [0.3, 0.4) is 0 Å². The van der Waals surface area contributed by atoms with Gasteiger partial charge in [-0.3, -0.25) is 10.0 Å². The van der Waals surface area contributed by atoms with Crippen LogP contribution in [0.4, 0.5) is 0 Å². The highest BCUT2D eigenvalue weighted by molar-refractivity contribution is 5.93. The van der Waals surface area contributed by atoms with Crippen LogP contribution in [0.2, 0.25) is 0 Å². The fourth-order valence-corrected chi connectivity index (χ4v) is 0.645.